The van der Waals surface area contributed by atoms with E-state index in [1.165, 1.54) is 11.3 Å². The van der Waals surface area contributed by atoms with Gasteiger partial charge in [-0.05, 0) is 37.1 Å². The Kier molecular flexibility index (Phi) is 7.98. The van der Waals surface area contributed by atoms with Crippen molar-refractivity contribution < 1.29 is 9.47 Å². The highest BCUT2D eigenvalue weighted by atomic mass is 16.5. The molecule has 0 aliphatic heterocycles. The maximum Gasteiger partial charge on any atom is 0.191 e. The van der Waals surface area contributed by atoms with Crippen LogP contribution in [0.5, 0.6) is 11.5 Å². The summed E-state index contributed by atoms with van der Waals surface area (Å²) in [4.78, 5) is 4.28. The molecule has 1 heterocycles. The largest absolute Gasteiger partial charge is 0.497 e. The molecule has 27 heavy (non-hydrogen) atoms. The molecule has 148 valence electrons. The standard InChI is InChI=1S/C20H31N5O2/c1-6-18-17(19(7-2)25(4)24-18)14-23-20(21-3)22-12-13-27-16-10-8-15(26-5)9-11-16/h8-11H,6-7,12-14H2,1-5H3,(H2,21,22,23). The summed E-state index contributed by atoms with van der Waals surface area (Å²) < 4.78 is 12.8. The fraction of sp³-hybridized carbons (Fsp3) is 0.500. The van der Waals surface area contributed by atoms with E-state index in [9.17, 15) is 0 Å². The number of benzene rings is 1. The summed E-state index contributed by atoms with van der Waals surface area (Å²) in [5.74, 6) is 2.38. The zero-order valence-corrected chi connectivity index (χ0v) is 17.0. The summed E-state index contributed by atoms with van der Waals surface area (Å²) in [6.07, 6.45) is 1.88. The molecule has 0 fully saturated rings. The van der Waals surface area contributed by atoms with Crippen LogP contribution in [0.25, 0.3) is 0 Å². The van der Waals surface area contributed by atoms with E-state index in [1.807, 2.05) is 36.0 Å². The Morgan fingerprint density at radius 1 is 1.11 bits per heavy atom. The number of ether oxygens (including phenoxy) is 2. The Morgan fingerprint density at radius 3 is 2.41 bits per heavy atom. The van der Waals surface area contributed by atoms with Crippen molar-refractivity contribution in [2.24, 2.45) is 12.0 Å². The first-order valence-corrected chi connectivity index (χ1v) is 9.37. The predicted octanol–water partition coefficient (Wildman–Crippen LogP) is 2.30. The van der Waals surface area contributed by atoms with Gasteiger partial charge < -0.3 is 20.1 Å². The quantitative estimate of drug-likeness (QED) is 0.401. The van der Waals surface area contributed by atoms with Gasteiger partial charge in [0.2, 0.25) is 0 Å². The van der Waals surface area contributed by atoms with Gasteiger partial charge in [-0.3, -0.25) is 9.67 Å². The van der Waals surface area contributed by atoms with Crippen LogP contribution in [0.15, 0.2) is 29.3 Å². The van der Waals surface area contributed by atoms with Gasteiger partial charge in [0.15, 0.2) is 5.96 Å². The van der Waals surface area contributed by atoms with Crippen molar-refractivity contribution in [3.63, 3.8) is 0 Å². The molecule has 0 bridgehead atoms. The van der Waals surface area contributed by atoms with Gasteiger partial charge in [-0.25, -0.2) is 0 Å². The normalized spacial score (nSPS) is 11.4. The number of rotatable bonds is 9. The minimum Gasteiger partial charge on any atom is -0.497 e. The van der Waals surface area contributed by atoms with Gasteiger partial charge in [-0.15, -0.1) is 0 Å². The topological polar surface area (TPSA) is 72.7 Å². The van der Waals surface area contributed by atoms with Crippen molar-refractivity contribution in [1.29, 1.82) is 0 Å². The maximum absolute atomic E-state index is 5.73. The van der Waals surface area contributed by atoms with E-state index in [0.717, 1.165) is 36.0 Å². The van der Waals surface area contributed by atoms with E-state index >= 15 is 0 Å². The summed E-state index contributed by atoms with van der Waals surface area (Å²) in [6, 6.07) is 7.56. The number of hydrogen-bond donors (Lipinski definition) is 2. The zero-order valence-electron chi connectivity index (χ0n) is 17.0. The Labute approximate surface area is 161 Å². The van der Waals surface area contributed by atoms with E-state index in [4.69, 9.17) is 9.47 Å². The Bertz CT molecular complexity index is 738. The molecule has 1 aromatic carbocycles. The second-order valence-electron chi connectivity index (χ2n) is 6.08. The van der Waals surface area contributed by atoms with Crippen molar-refractivity contribution in [2.45, 2.75) is 33.2 Å². The Hall–Kier alpha value is -2.70. The van der Waals surface area contributed by atoms with Crippen LogP contribution in [0.3, 0.4) is 0 Å². The van der Waals surface area contributed by atoms with Crippen molar-refractivity contribution in [3.05, 3.63) is 41.2 Å². The molecular formula is C20H31N5O2. The number of methoxy groups -OCH3 is 1. The third-order valence-electron chi connectivity index (χ3n) is 4.41. The number of hydrogen-bond acceptors (Lipinski definition) is 4. The number of nitrogens with zero attached hydrogens (tertiary/aromatic N) is 3. The van der Waals surface area contributed by atoms with E-state index < -0.39 is 0 Å². The van der Waals surface area contributed by atoms with Crippen LogP contribution in [-0.2, 0) is 26.4 Å². The maximum atomic E-state index is 5.73. The molecule has 0 spiro atoms. The SMILES string of the molecule is CCc1nn(C)c(CC)c1CNC(=NC)NCCOc1ccc(OC)cc1. The number of guanidine groups is 1. The highest BCUT2D eigenvalue weighted by molar-refractivity contribution is 5.79. The summed E-state index contributed by atoms with van der Waals surface area (Å²) in [7, 11) is 5.42. The first kappa shape index (κ1) is 20.6. The van der Waals surface area contributed by atoms with Crippen molar-refractivity contribution in [3.8, 4) is 11.5 Å². The summed E-state index contributed by atoms with van der Waals surface area (Å²) in [5.41, 5.74) is 3.66. The monoisotopic (exact) mass is 373 g/mol. The third kappa shape index (κ3) is 5.64. The lowest BCUT2D eigenvalue weighted by Crippen LogP contribution is -2.39. The molecule has 2 rings (SSSR count). The van der Waals surface area contributed by atoms with Crippen LogP contribution in [-0.4, -0.2) is 43.0 Å². The number of aryl methyl sites for hydroxylation is 2. The zero-order chi connectivity index (χ0) is 19.6. The second kappa shape index (κ2) is 10.4. The molecule has 1 aromatic heterocycles. The van der Waals surface area contributed by atoms with Crippen LogP contribution in [0, 0.1) is 0 Å². The van der Waals surface area contributed by atoms with Crippen LogP contribution >= 0.6 is 0 Å². The third-order valence-corrected chi connectivity index (χ3v) is 4.41. The lowest BCUT2D eigenvalue weighted by Gasteiger charge is -2.13. The van der Waals surface area contributed by atoms with E-state index in [2.05, 4.69) is 34.6 Å². The highest BCUT2D eigenvalue weighted by Crippen LogP contribution is 2.17. The van der Waals surface area contributed by atoms with E-state index in [0.29, 0.717) is 19.7 Å². The van der Waals surface area contributed by atoms with Crippen LogP contribution in [0.4, 0.5) is 0 Å². The number of aromatic nitrogens is 2. The van der Waals surface area contributed by atoms with Gasteiger partial charge >= 0.3 is 0 Å². The second-order valence-corrected chi connectivity index (χ2v) is 6.08. The molecule has 2 aromatic rings. The van der Waals surface area contributed by atoms with E-state index in [-0.39, 0.29) is 0 Å². The van der Waals surface area contributed by atoms with Gasteiger partial charge in [0, 0.05) is 31.9 Å². The summed E-state index contributed by atoms with van der Waals surface area (Å²) in [5, 5.41) is 11.3. The molecule has 2 N–H and O–H groups in total. The molecule has 0 aliphatic carbocycles. The van der Waals surface area contributed by atoms with Gasteiger partial charge in [0.1, 0.15) is 18.1 Å². The first-order chi connectivity index (χ1) is 13.1. The average molecular weight is 374 g/mol. The molecule has 0 atom stereocenters. The van der Waals surface area contributed by atoms with Crippen LogP contribution in [0.1, 0.15) is 30.8 Å². The van der Waals surface area contributed by atoms with Gasteiger partial charge in [0.25, 0.3) is 0 Å². The van der Waals surface area contributed by atoms with Gasteiger partial charge in [-0.2, -0.15) is 5.10 Å². The lowest BCUT2D eigenvalue weighted by atomic mass is 10.1. The molecule has 7 heteroatoms. The molecule has 7 nitrogen and oxygen atoms in total. The minimum atomic E-state index is 0.542. The molecule has 0 unspecified atom stereocenters. The molecule has 0 aliphatic rings. The van der Waals surface area contributed by atoms with Crippen LogP contribution in [0.2, 0.25) is 0 Å². The van der Waals surface area contributed by atoms with Gasteiger partial charge in [-0.1, -0.05) is 13.8 Å². The van der Waals surface area contributed by atoms with E-state index in [1.54, 1.807) is 14.2 Å². The van der Waals surface area contributed by atoms with Crippen LogP contribution < -0.4 is 20.1 Å². The summed E-state index contributed by atoms with van der Waals surface area (Å²) in [6.45, 7) is 6.19. The Morgan fingerprint density at radius 2 is 1.81 bits per heavy atom. The van der Waals surface area contributed by atoms with Gasteiger partial charge in [0.05, 0.1) is 19.3 Å². The predicted molar refractivity (Wildman–Crippen MR) is 109 cm³/mol. The fourth-order valence-electron chi connectivity index (χ4n) is 3.00. The molecule has 0 amide bonds. The smallest absolute Gasteiger partial charge is 0.191 e. The minimum absolute atomic E-state index is 0.542. The average Bonchev–Trinajstić information content (AvgIpc) is 3.02. The summed E-state index contributed by atoms with van der Waals surface area (Å²) >= 11 is 0. The lowest BCUT2D eigenvalue weighted by molar-refractivity contribution is 0.321. The molecule has 0 saturated carbocycles. The van der Waals surface area contributed by atoms with Crippen molar-refractivity contribution in [2.75, 3.05) is 27.3 Å². The molecule has 0 saturated heterocycles. The van der Waals surface area contributed by atoms with Crippen molar-refractivity contribution >= 4 is 5.96 Å². The highest BCUT2D eigenvalue weighted by Gasteiger charge is 2.13. The molecule has 0 radical (unpaired) electrons. The molecular weight excluding hydrogens is 342 g/mol. The Balaban J connectivity index is 1.81. The first-order valence-electron chi connectivity index (χ1n) is 9.37. The number of nitrogens with one attached hydrogen (secondary N) is 2. The number of aliphatic imine (C=N–C) groups is 1. The fourth-order valence-corrected chi connectivity index (χ4v) is 3.00. The van der Waals surface area contributed by atoms with Crippen molar-refractivity contribution in [1.82, 2.24) is 20.4 Å².